The van der Waals surface area contributed by atoms with E-state index in [1.54, 1.807) is 7.11 Å². The second kappa shape index (κ2) is 5.01. The second-order valence-corrected chi connectivity index (χ2v) is 4.72. The fourth-order valence-electron chi connectivity index (χ4n) is 2.22. The standard InChI is InChI=1S/C14H16N2O3/c1-9-3-4-11(12(7-9)17-2)14-15-13(16-19-14)10-5-6-18-8-10/h3-4,7,10H,5-6,8H2,1-2H3/t10-/m0/s1. The van der Waals surface area contributed by atoms with E-state index in [9.17, 15) is 0 Å². The van der Waals surface area contributed by atoms with E-state index in [0.29, 0.717) is 12.5 Å². The molecular weight excluding hydrogens is 244 g/mol. The third kappa shape index (κ3) is 2.33. The average molecular weight is 260 g/mol. The number of nitrogens with zero attached hydrogens (tertiary/aromatic N) is 2. The Labute approximate surface area is 111 Å². The van der Waals surface area contributed by atoms with E-state index >= 15 is 0 Å². The Bertz CT molecular complexity index is 574. The maximum absolute atomic E-state index is 5.36. The van der Waals surface area contributed by atoms with E-state index in [1.807, 2.05) is 25.1 Å². The molecule has 2 aromatic rings. The van der Waals surface area contributed by atoms with Crippen molar-refractivity contribution in [3.05, 3.63) is 29.6 Å². The first kappa shape index (κ1) is 12.2. The SMILES string of the molecule is COc1cc(C)ccc1-c1nc([C@H]2CCOC2)no1. The fourth-order valence-corrected chi connectivity index (χ4v) is 2.22. The molecule has 0 aliphatic carbocycles. The van der Waals surface area contributed by atoms with E-state index in [4.69, 9.17) is 14.0 Å². The molecule has 0 unspecified atom stereocenters. The average Bonchev–Trinajstić information content (AvgIpc) is 3.09. The van der Waals surface area contributed by atoms with Gasteiger partial charge in [0.25, 0.3) is 5.89 Å². The Morgan fingerprint density at radius 1 is 1.37 bits per heavy atom. The van der Waals surface area contributed by atoms with Crippen molar-refractivity contribution >= 4 is 0 Å². The summed E-state index contributed by atoms with van der Waals surface area (Å²) >= 11 is 0. The van der Waals surface area contributed by atoms with Crippen molar-refractivity contribution in [2.45, 2.75) is 19.3 Å². The lowest BCUT2D eigenvalue weighted by molar-refractivity contribution is 0.192. The molecule has 19 heavy (non-hydrogen) atoms. The molecule has 1 fully saturated rings. The van der Waals surface area contributed by atoms with Crippen LogP contribution in [0.4, 0.5) is 0 Å². The van der Waals surface area contributed by atoms with Gasteiger partial charge in [-0.25, -0.2) is 0 Å². The quantitative estimate of drug-likeness (QED) is 0.848. The van der Waals surface area contributed by atoms with E-state index < -0.39 is 0 Å². The molecule has 100 valence electrons. The predicted octanol–water partition coefficient (Wildman–Crippen LogP) is 2.56. The van der Waals surface area contributed by atoms with Gasteiger partial charge in [-0.05, 0) is 31.0 Å². The molecule has 0 spiro atoms. The molecule has 0 amide bonds. The molecule has 1 aromatic heterocycles. The molecule has 3 rings (SSSR count). The minimum absolute atomic E-state index is 0.244. The molecule has 1 aliphatic rings. The van der Waals surface area contributed by atoms with Crippen molar-refractivity contribution < 1.29 is 14.0 Å². The third-order valence-corrected chi connectivity index (χ3v) is 3.32. The van der Waals surface area contributed by atoms with Crippen LogP contribution in [0, 0.1) is 6.92 Å². The van der Waals surface area contributed by atoms with E-state index in [0.717, 1.165) is 35.7 Å². The summed E-state index contributed by atoms with van der Waals surface area (Å²) in [6.45, 7) is 3.45. The molecule has 1 atom stereocenters. The Morgan fingerprint density at radius 3 is 3.00 bits per heavy atom. The number of hydrogen-bond acceptors (Lipinski definition) is 5. The predicted molar refractivity (Wildman–Crippen MR) is 69.2 cm³/mol. The van der Waals surface area contributed by atoms with Crippen molar-refractivity contribution in [3.63, 3.8) is 0 Å². The Balaban J connectivity index is 1.93. The van der Waals surface area contributed by atoms with Crippen molar-refractivity contribution in [1.29, 1.82) is 0 Å². The molecular formula is C14H16N2O3. The first-order chi connectivity index (χ1) is 9.28. The molecule has 2 heterocycles. The zero-order valence-corrected chi connectivity index (χ0v) is 11.0. The summed E-state index contributed by atoms with van der Waals surface area (Å²) in [5, 5.41) is 4.05. The molecule has 0 N–H and O–H groups in total. The highest BCUT2D eigenvalue weighted by Crippen LogP contribution is 2.31. The number of aromatic nitrogens is 2. The van der Waals surface area contributed by atoms with E-state index in [-0.39, 0.29) is 5.92 Å². The fraction of sp³-hybridized carbons (Fsp3) is 0.429. The summed E-state index contributed by atoms with van der Waals surface area (Å²) in [5.41, 5.74) is 1.95. The largest absolute Gasteiger partial charge is 0.496 e. The van der Waals surface area contributed by atoms with Crippen LogP contribution in [0.3, 0.4) is 0 Å². The van der Waals surface area contributed by atoms with Gasteiger partial charge in [-0.15, -0.1) is 0 Å². The third-order valence-electron chi connectivity index (χ3n) is 3.32. The first-order valence-corrected chi connectivity index (χ1v) is 6.34. The highest BCUT2D eigenvalue weighted by molar-refractivity contribution is 5.63. The molecule has 0 bridgehead atoms. The zero-order chi connectivity index (χ0) is 13.2. The van der Waals surface area contributed by atoms with Gasteiger partial charge in [-0.2, -0.15) is 4.98 Å². The molecule has 1 aliphatic heterocycles. The minimum Gasteiger partial charge on any atom is -0.496 e. The van der Waals surface area contributed by atoms with Gasteiger partial charge in [0.15, 0.2) is 5.82 Å². The summed E-state index contributed by atoms with van der Waals surface area (Å²) in [5.74, 6) is 2.21. The lowest BCUT2D eigenvalue weighted by atomic mass is 10.1. The summed E-state index contributed by atoms with van der Waals surface area (Å²) in [6.07, 6.45) is 0.948. The van der Waals surface area contributed by atoms with Gasteiger partial charge >= 0.3 is 0 Å². The van der Waals surface area contributed by atoms with Gasteiger partial charge in [0, 0.05) is 12.5 Å². The van der Waals surface area contributed by atoms with Crippen LogP contribution in [0.15, 0.2) is 22.7 Å². The van der Waals surface area contributed by atoms with Crippen LogP contribution in [-0.4, -0.2) is 30.5 Å². The maximum atomic E-state index is 5.36. The van der Waals surface area contributed by atoms with Gasteiger partial charge in [-0.3, -0.25) is 0 Å². The second-order valence-electron chi connectivity index (χ2n) is 4.72. The number of methoxy groups -OCH3 is 1. The monoisotopic (exact) mass is 260 g/mol. The van der Waals surface area contributed by atoms with E-state index in [1.165, 1.54) is 0 Å². The smallest absolute Gasteiger partial charge is 0.261 e. The van der Waals surface area contributed by atoms with Crippen LogP contribution >= 0.6 is 0 Å². The molecule has 5 nitrogen and oxygen atoms in total. The number of benzene rings is 1. The summed E-state index contributed by atoms with van der Waals surface area (Å²) in [6, 6.07) is 5.90. The zero-order valence-electron chi connectivity index (χ0n) is 11.0. The van der Waals surface area contributed by atoms with Crippen LogP contribution in [0.1, 0.15) is 23.7 Å². The van der Waals surface area contributed by atoms with Crippen molar-refractivity contribution in [2.75, 3.05) is 20.3 Å². The van der Waals surface area contributed by atoms with Crippen LogP contribution in [0.2, 0.25) is 0 Å². The minimum atomic E-state index is 0.244. The van der Waals surface area contributed by atoms with Crippen LogP contribution in [0.5, 0.6) is 5.75 Å². The van der Waals surface area contributed by atoms with Crippen LogP contribution in [0.25, 0.3) is 11.5 Å². The molecule has 0 radical (unpaired) electrons. The summed E-state index contributed by atoms with van der Waals surface area (Å²) in [4.78, 5) is 4.46. The van der Waals surface area contributed by atoms with Gasteiger partial charge < -0.3 is 14.0 Å². The lowest BCUT2D eigenvalue weighted by Gasteiger charge is -2.05. The topological polar surface area (TPSA) is 57.4 Å². The Morgan fingerprint density at radius 2 is 2.26 bits per heavy atom. The number of aryl methyl sites for hydroxylation is 1. The van der Waals surface area contributed by atoms with Gasteiger partial charge in [0.2, 0.25) is 0 Å². The first-order valence-electron chi connectivity index (χ1n) is 6.34. The lowest BCUT2D eigenvalue weighted by Crippen LogP contribution is -1.99. The maximum Gasteiger partial charge on any atom is 0.261 e. The number of hydrogen-bond donors (Lipinski definition) is 0. The van der Waals surface area contributed by atoms with Gasteiger partial charge in [-0.1, -0.05) is 11.2 Å². The summed E-state index contributed by atoms with van der Waals surface area (Å²) < 4.78 is 16.1. The van der Waals surface area contributed by atoms with Gasteiger partial charge in [0.1, 0.15) is 5.75 Å². The van der Waals surface area contributed by atoms with Crippen molar-refractivity contribution in [2.24, 2.45) is 0 Å². The Kier molecular flexibility index (Phi) is 3.21. The summed E-state index contributed by atoms with van der Waals surface area (Å²) in [7, 11) is 1.64. The molecule has 0 saturated carbocycles. The van der Waals surface area contributed by atoms with Crippen LogP contribution in [-0.2, 0) is 4.74 Å². The molecule has 1 aromatic carbocycles. The number of rotatable bonds is 3. The van der Waals surface area contributed by atoms with Crippen molar-refractivity contribution in [3.8, 4) is 17.2 Å². The molecule has 1 saturated heterocycles. The van der Waals surface area contributed by atoms with Crippen LogP contribution < -0.4 is 4.74 Å². The van der Waals surface area contributed by atoms with Gasteiger partial charge in [0.05, 0.1) is 19.3 Å². The van der Waals surface area contributed by atoms with E-state index in [2.05, 4.69) is 10.1 Å². The number of ether oxygens (including phenoxy) is 2. The highest BCUT2D eigenvalue weighted by Gasteiger charge is 2.24. The Hall–Kier alpha value is -1.88. The molecule has 5 heteroatoms. The highest BCUT2D eigenvalue weighted by atomic mass is 16.5. The van der Waals surface area contributed by atoms with Crippen molar-refractivity contribution in [1.82, 2.24) is 10.1 Å². The normalized spacial score (nSPS) is 18.7.